The molecule has 1 fully saturated rings. The summed E-state index contributed by atoms with van der Waals surface area (Å²) in [6, 6.07) is 19.7. The molecule has 0 saturated heterocycles. The van der Waals surface area contributed by atoms with E-state index in [0.717, 1.165) is 12.8 Å². The summed E-state index contributed by atoms with van der Waals surface area (Å²) >= 11 is 0. The minimum Gasteiger partial charge on any atom is -0.245 e. The second-order valence-corrected chi connectivity index (χ2v) is 6.63. The van der Waals surface area contributed by atoms with Gasteiger partial charge in [-0.05, 0) is 30.5 Å². The minimum atomic E-state index is -0.223. The zero-order valence-electron chi connectivity index (χ0n) is 13.1. The van der Waals surface area contributed by atoms with Crippen LogP contribution in [0.5, 0.6) is 0 Å². The van der Waals surface area contributed by atoms with Crippen molar-refractivity contribution in [2.75, 3.05) is 0 Å². The van der Waals surface area contributed by atoms with Crippen molar-refractivity contribution in [3.05, 3.63) is 87.2 Å². The highest BCUT2D eigenvalue weighted by Crippen LogP contribution is 2.51. The van der Waals surface area contributed by atoms with Crippen molar-refractivity contribution in [2.24, 2.45) is 0 Å². The van der Waals surface area contributed by atoms with Gasteiger partial charge >= 0.3 is 11.4 Å². The number of benzene rings is 2. The lowest BCUT2D eigenvalue weighted by Crippen LogP contribution is -2.31. The van der Waals surface area contributed by atoms with Gasteiger partial charge in [-0.2, -0.15) is 0 Å². The van der Waals surface area contributed by atoms with Gasteiger partial charge in [-0.15, -0.1) is 0 Å². The molecule has 5 nitrogen and oxygen atoms in total. The van der Waals surface area contributed by atoms with Crippen LogP contribution in [0.25, 0.3) is 5.69 Å². The lowest BCUT2D eigenvalue weighted by molar-refractivity contribution is 0.337. The highest BCUT2D eigenvalue weighted by Gasteiger charge is 2.47. The fourth-order valence-corrected chi connectivity index (χ4v) is 4.42. The van der Waals surface area contributed by atoms with Gasteiger partial charge in [-0.25, -0.2) is 23.5 Å². The predicted molar refractivity (Wildman–Crippen MR) is 90.8 cm³/mol. The summed E-state index contributed by atoms with van der Waals surface area (Å²) in [6.45, 7) is 0. The Balaban J connectivity index is 1.67. The molecule has 2 aromatic carbocycles. The van der Waals surface area contributed by atoms with Gasteiger partial charge in [0.05, 0.1) is 17.8 Å². The number of para-hydroxylation sites is 1. The third-order valence-electron chi connectivity index (χ3n) is 5.41. The molecule has 0 radical (unpaired) electrons. The Morgan fingerprint density at radius 2 is 1.38 bits per heavy atom. The standard InChI is InChI=1S/C19H17N3O2/c23-18-20(14-9-5-2-6-10-14)19(24)22-17-12-15(21(18)22)11-16(17)13-7-3-1-4-8-13/h1-10,15-17H,11-12H2/t15-,16+,17-/m0/s1. The fraction of sp³-hybridized carbons (Fsp3) is 0.263. The molecule has 2 heterocycles. The molecule has 2 bridgehead atoms. The van der Waals surface area contributed by atoms with Crippen LogP contribution in [-0.4, -0.2) is 13.9 Å². The molecule has 3 atom stereocenters. The maximum Gasteiger partial charge on any atom is 0.352 e. The second-order valence-electron chi connectivity index (χ2n) is 6.63. The molecule has 1 saturated carbocycles. The number of aromatic nitrogens is 3. The average Bonchev–Trinajstić information content (AvgIpc) is 3.28. The Kier molecular flexibility index (Phi) is 2.74. The largest absolute Gasteiger partial charge is 0.352 e. The minimum absolute atomic E-state index is 0.0718. The number of hydrogen-bond acceptors (Lipinski definition) is 2. The third-order valence-corrected chi connectivity index (χ3v) is 5.41. The zero-order valence-corrected chi connectivity index (χ0v) is 13.1. The zero-order chi connectivity index (χ0) is 16.3. The maximum atomic E-state index is 13.0. The van der Waals surface area contributed by atoms with Crippen molar-refractivity contribution in [2.45, 2.75) is 30.8 Å². The summed E-state index contributed by atoms with van der Waals surface area (Å²) in [4.78, 5) is 25.8. The summed E-state index contributed by atoms with van der Waals surface area (Å²) in [5.74, 6) is 0.305. The van der Waals surface area contributed by atoms with Crippen molar-refractivity contribution < 1.29 is 0 Å². The van der Waals surface area contributed by atoms with E-state index in [0.29, 0.717) is 11.6 Å². The first kappa shape index (κ1) is 13.6. The Morgan fingerprint density at radius 1 is 0.750 bits per heavy atom. The van der Waals surface area contributed by atoms with Gasteiger partial charge < -0.3 is 0 Å². The first-order chi connectivity index (χ1) is 11.8. The van der Waals surface area contributed by atoms with Crippen LogP contribution in [0, 0.1) is 0 Å². The lowest BCUT2D eigenvalue weighted by atomic mass is 9.93. The molecule has 120 valence electrons. The predicted octanol–water partition coefficient (Wildman–Crippen LogP) is 2.47. The smallest absolute Gasteiger partial charge is 0.245 e. The van der Waals surface area contributed by atoms with Gasteiger partial charge in [0.1, 0.15) is 0 Å². The van der Waals surface area contributed by atoms with Crippen LogP contribution in [0.4, 0.5) is 0 Å². The molecule has 5 heteroatoms. The maximum absolute atomic E-state index is 13.0. The Morgan fingerprint density at radius 3 is 2.08 bits per heavy atom. The molecule has 1 aromatic heterocycles. The van der Waals surface area contributed by atoms with Crippen molar-refractivity contribution in [3.63, 3.8) is 0 Å². The average molecular weight is 319 g/mol. The van der Waals surface area contributed by atoms with E-state index < -0.39 is 0 Å². The fourth-order valence-electron chi connectivity index (χ4n) is 4.42. The normalized spacial score (nSPS) is 24.2. The van der Waals surface area contributed by atoms with Crippen LogP contribution in [0.2, 0.25) is 0 Å². The van der Waals surface area contributed by atoms with Gasteiger partial charge in [0.25, 0.3) is 0 Å². The highest BCUT2D eigenvalue weighted by atomic mass is 16.2. The molecule has 5 rings (SSSR count). The third kappa shape index (κ3) is 1.69. The van der Waals surface area contributed by atoms with Gasteiger partial charge in [0.15, 0.2) is 0 Å². The number of rotatable bonds is 2. The molecule has 0 N–H and O–H groups in total. The van der Waals surface area contributed by atoms with Crippen LogP contribution in [0.15, 0.2) is 70.3 Å². The Bertz CT molecular complexity index is 1010. The topological polar surface area (TPSA) is 48.9 Å². The SMILES string of the molecule is O=c1n(-c2ccccc2)c(=O)n2n1[C@H]1C[C@H](c3ccccc3)[C@@H]2C1. The molecule has 0 amide bonds. The summed E-state index contributed by atoms with van der Waals surface area (Å²) in [5.41, 5.74) is 1.45. The van der Waals surface area contributed by atoms with Gasteiger partial charge in [0, 0.05) is 5.92 Å². The first-order valence-corrected chi connectivity index (χ1v) is 8.32. The van der Waals surface area contributed by atoms with Gasteiger partial charge in [-0.1, -0.05) is 48.5 Å². The van der Waals surface area contributed by atoms with E-state index in [2.05, 4.69) is 12.1 Å². The molecule has 0 unspecified atom stereocenters. The van der Waals surface area contributed by atoms with E-state index in [4.69, 9.17) is 0 Å². The van der Waals surface area contributed by atoms with Crippen molar-refractivity contribution >= 4 is 0 Å². The van der Waals surface area contributed by atoms with Crippen LogP contribution < -0.4 is 11.4 Å². The molecule has 1 aliphatic heterocycles. The van der Waals surface area contributed by atoms with Crippen molar-refractivity contribution in [3.8, 4) is 5.69 Å². The molecular weight excluding hydrogens is 302 g/mol. The molecule has 0 spiro atoms. The lowest BCUT2D eigenvalue weighted by Gasteiger charge is -2.24. The van der Waals surface area contributed by atoms with E-state index in [-0.39, 0.29) is 23.5 Å². The summed E-state index contributed by atoms with van der Waals surface area (Å²) in [6.07, 6.45) is 1.80. The number of fused-ring (bicyclic) bond motifs is 5. The number of hydrogen-bond donors (Lipinski definition) is 0. The van der Waals surface area contributed by atoms with Gasteiger partial charge in [-0.3, -0.25) is 0 Å². The van der Waals surface area contributed by atoms with E-state index in [1.165, 1.54) is 10.1 Å². The van der Waals surface area contributed by atoms with Gasteiger partial charge in [0.2, 0.25) is 0 Å². The van der Waals surface area contributed by atoms with Crippen LogP contribution >= 0.6 is 0 Å². The van der Waals surface area contributed by atoms with E-state index >= 15 is 0 Å². The van der Waals surface area contributed by atoms with E-state index in [1.807, 2.05) is 36.4 Å². The first-order valence-electron chi connectivity index (χ1n) is 8.32. The van der Waals surface area contributed by atoms with Crippen molar-refractivity contribution in [1.29, 1.82) is 0 Å². The summed E-state index contributed by atoms with van der Waals surface area (Å²) in [5, 5.41) is 0. The summed E-state index contributed by atoms with van der Waals surface area (Å²) in [7, 11) is 0. The Labute approximate surface area is 138 Å². The number of nitrogens with zero attached hydrogens (tertiary/aromatic N) is 3. The monoisotopic (exact) mass is 319 g/mol. The highest BCUT2D eigenvalue weighted by molar-refractivity contribution is 5.31. The van der Waals surface area contributed by atoms with Crippen LogP contribution in [-0.2, 0) is 0 Å². The molecule has 1 aliphatic carbocycles. The molecular formula is C19H17N3O2. The molecule has 3 aromatic rings. The van der Waals surface area contributed by atoms with Crippen molar-refractivity contribution in [1.82, 2.24) is 13.9 Å². The molecule has 24 heavy (non-hydrogen) atoms. The van der Waals surface area contributed by atoms with Crippen LogP contribution in [0.1, 0.15) is 36.4 Å². The quantitative estimate of drug-likeness (QED) is 0.728. The second kappa shape index (κ2) is 4.84. The van der Waals surface area contributed by atoms with E-state index in [1.54, 1.807) is 21.5 Å². The molecule has 2 aliphatic rings. The Hall–Kier alpha value is -2.82. The summed E-state index contributed by atoms with van der Waals surface area (Å²) < 4.78 is 4.67. The van der Waals surface area contributed by atoms with E-state index in [9.17, 15) is 9.59 Å². The van der Waals surface area contributed by atoms with Crippen LogP contribution in [0.3, 0.4) is 0 Å².